The second-order valence-corrected chi connectivity index (χ2v) is 6.82. The van der Waals surface area contributed by atoms with E-state index in [0.29, 0.717) is 27.8 Å². The van der Waals surface area contributed by atoms with Gasteiger partial charge in [0, 0.05) is 11.3 Å². The summed E-state index contributed by atoms with van der Waals surface area (Å²) in [6.45, 7) is -0.0194. The SMILES string of the molecule is COc1ccc(NC(=O)/C(C#N)=C\c2ccc(OCc3c(F)cccc3Cl)cc2)cc1. The van der Waals surface area contributed by atoms with E-state index in [1.54, 1.807) is 61.7 Å². The molecule has 0 aliphatic rings. The van der Waals surface area contributed by atoms with E-state index >= 15 is 0 Å². The molecule has 3 aromatic rings. The van der Waals surface area contributed by atoms with Crippen molar-refractivity contribution in [2.75, 3.05) is 12.4 Å². The van der Waals surface area contributed by atoms with Crippen LogP contribution in [-0.4, -0.2) is 13.0 Å². The third-order valence-corrected chi connectivity index (χ3v) is 4.70. The second kappa shape index (κ2) is 10.3. The first-order valence-electron chi connectivity index (χ1n) is 9.23. The molecule has 0 spiro atoms. The number of carbonyl (C=O) groups excluding carboxylic acids is 1. The van der Waals surface area contributed by atoms with Crippen molar-refractivity contribution in [3.8, 4) is 17.6 Å². The van der Waals surface area contributed by atoms with Gasteiger partial charge in [0.15, 0.2) is 0 Å². The van der Waals surface area contributed by atoms with Crippen molar-refractivity contribution in [2.45, 2.75) is 6.61 Å². The number of methoxy groups -OCH3 is 1. The van der Waals surface area contributed by atoms with Gasteiger partial charge in [-0.3, -0.25) is 4.79 Å². The predicted octanol–water partition coefficient (Wildman–Crippen LogP) is 5.61. The fourth-order valence-corrected chi connectivity index (χ4v) is 2.89. The van der Waals surface area contributed by atoms with Crippen LogP contribution < -0.4 is 14.8 Å². The molecule has 0 aliphatic carbocycles. The Morgan fingerprint density at radius 3 is 2.39 bits per heavy atom. The maximum absolute atomic E-state index is 13.8. The Kier molecular flexibility index (Phi) is 7.26. The predicted molar refractivity (Wildman–Crippen MR) is 117 cm³/mol. The van der Waals surface area contributed by atoms with E-state index in [9.17, 15) is 14.4 Å². The van der Waals surface area contributed by atoms with Crippen LogP contribution in [0, 0.1) is 17.1 Å². The van der Waals surface area contributed by atoms with Crippen LogP contribution in [0.15, 0.2) is 72.3 Å². The average molecular weight is 437 g/mol. The van der Waals surface area contributed by atoms with Crippen molar-refractivity contribution in [3.63, 3.8) is 0 Å². The molecule has 0 aromatic heterocycles. The first kappa shape index (κ1) is 21.9. The van der Waals surface area contributed by atoms with Crippen molar-refractivity contribution in [1.29, 1.82) is 5.26 Å². The zero-order valence-corrected chi connectivity index (χ0v) is 17.3. The highest BCUT2D eigenvalue weighted by atomic mass is 35.5. The molecule has 1 amide bonds. The van der Waals surface area contributed by atoms with Gasteiger partial charge in [-0.05, 0) is 60.2 Å². The van der Waals surface area contributed by atoms with Crippen LogP contribution in [0.25, 0.3) is 6.08 Å². The molecule has 0 heterocycles. The number of amides is 1. The number of carbonyl (C=O) groups is 1. The van der Waals surface area contributed by atoms with Crippen molar-refractivity contribution in [1.82, 2.24) is 0 Å². The Bertz CT molecular complexity index is 1120. The zero-order valence-electron chi connectivity index (χ0n) is 16.6. The molecule has 0 unspecified atom stereocenters. The molecule has 5 nitrogen and oxygen atoms in total. The normalized spacial score (nSPS) is 10.8. The first-order chi connectivity index (χ1) is 15.0. The van der Waals surface area contributed by atoms with Gasteiger partial charge in [-0.2, -0.15) is 5.26 Å². The highest BCUT2D eigenvalue weighted by Crippen LogP contribution is 2.22. The Hall–Kier alpha value is -3.82. The van der Waals surface area contributed by atoms with E-state index < -0.39 is 11.7 Å². The molecule has 0 fully saturated rings. The molecule has 3 aromatic carbocycles. The topological polar surface area (TPSA) is 71.3 Å². The van der Waals surface area contributed by atoms with Crippen molar-refractivity contribution < 1.29 is 18.7 Å². The van der Waals surface area contributed by atoms with E-state index in [4.69, 9.17) is 21.1 Å². The molecule has 7 heteroatoms. The molecule has 0 atom stereocenters. The van der Waals surface area contributed by atoms with E-state index in [2.05, 4.69) is 5.32 Å². The van der Waals surface area contributed by atoms with Crippen LogP contribution in [0.4, 0.5) is 10.1 Å². The smallest absolute Gasteiger partial charge is 0.266 e. The highest BCUT2D eigenvalue weighted by molar-refractivity contribution is 6.31. The fraction of sp³-hybridized carbons (Fsp3) is 0.0833. The molecular weight excluding hydrogens is 419 g/mol. The van der Waals surface area contributed by atoms with Gasteiger partial charge in [-0.15, -0.1) is 0 Å². The summed E-state index contributed by atoms with van der Waals surface area (Å²) >= 11 is 5.99. The van der Waals surface area contributed by atoms with E-state index in [1.807, 2.05) is 6.07 Å². The number of hydrogen-bond acceptors (Lipinski definition) is 4. The summed E-state index contributed by atoms with van der Waals surface area (Å²) in [4.78, 5) is 12.4. The lowest BCUT2D eigenvalue weighted by Crippen LogP contribution is -2.13. The average Bonchev–Trinajstić information content (AvgIpc) is 2.78. The Morgan fingerprint density at radius 1 is 1.10 bits per heavy atom. The summed E-state index contributed by atoms with van der Waals surface area (Å²) in [5.41, 5.74) is 1.40. The molecule has 0 radical (unpaired) electrons. The second-order valence-electron chi connectivity index (χ2n) is 6.41. The van der Waals surface area contributed by atoms with Gasteiger partial charge in [-0.1, -0.05) is 29.8 Å². The molecule has 0 aliphatic heterocycles. The standard InChI is InChI=1S/C24H18ClFN2O3/c1-30-19-11-7-18(8-12-19)28-24(29)17(14-27)13-16-5-9-20(10-6-16)31-15-21-22(25)3-2-4-23(21)26/h2-13H,15H2,1H3,(H,28,29)/b17-13-. The van der Waals surface area contributed by atoms with Crippen LogP contribution in [0.2, 0.25) is 5.02 Å². The molecule has 31 heavy (non-hydrogen) atoms. The molecule has 3 rings (SSSR count). The fourth-order valence-electron chi connectivity index (χ4n) is 2.67. The first-order valence-corrected chi connectivity index (χ1v) is 9.61. The number of anilines is 1. The highest BCUT2D eigenvalue weighted by Gasteiger charge is 2.10. The summed E-state index contributed by atoms with van der Waals surface area (Å²) in [5, 5.41) is 12.3. The lowest BCUT2D eigenvalue weighted by atomic mass is 10.1. The van der Waals surface area contributed by atoms with Gasteiger partial charge in [0.2, 0.25) is 0 Å². The summed E-state index contributed by atoms with van der Waals surface area (Å²) < 4.78 is 24.5. The maximum Gasteiger partial charge on any atom is 0.266 e. The Balaban J connectivity index is 1.65. The molecule has 1 N–H and O–H groups in total. The third kappa shape index (κ3) is 5.84. The number of halogens is 2. The van der Waals surface area contributed by atoms with Crippen LogP contribution in [0.5, 0.6) is 11.5 Å². The van der Waals surface area contributed by atoms with Crippen LogP contribution in [-0.2, 0) is 11.4 Å². The number of nitrogens with zero attached hydrogens (tertiary/aromatic N) is 1. The Morgan fingerprint density at radius 2 is 1.77 bits per heavy atom. The molecule has 156 valence electrons. The van der Waals surface area contributed by atoms with Crippen LogP contribution in [0.3, 0.4) is 0 Å². The van der Waals surface area contributed by atoms with Gasteiger partial charge in [0.05, 0.1) is 12.1 Å². The monoisotopic (exact) mass is 436 g/mol. The van der Waals surface area contributed by atoms with Gasteiger partial charge in [0.25, 0.3) is 5.91 Å². The lowest BCUT2D eigenvalue weighted by Gasteiger charge is -2.09. The number of rotatable bonds is 7. The van der Waals surface area contributed by atoms with E-state index in [1.165, 1.54) is 18.2 Å². The third-order valence-electron chi connectivity index (χ3n) is 4.35. The largest absolute Gasteiger partial charge is 0.497 e. The lowest BCUT2D eigenvalue weighted by molar-refractivity contribution is -0.112. The maximum atomic E-state index is 13.8. The minimum atomic E-state index is -0.526. The minimum absolute atomic E-state index is 0.0194. The minimum Gasteiger partial charge on any atom is -0.497 e. The summed E-state index contributed by atoms with van der Waals surface area (Å²) in [6.07, 6.45) is 1.47. The molecule has 0 saturated heterocycles. The molecule has 0 saturated carbocycles. The van der Waals surface area contributed by atoms with Gasteiger partial charge < -0.3 is 14.8 Å². The van der Waals surface area contributed by atoms with Crippen LogP contribution in [0.1, 0.15) is 11.1 Å². The van der Waals surface area contributed by atoms with Crippen molar-refractivity contribution in [3.05, 3.63) is 94.3 Å². The van der Waals surface area contributed by atoms with Crippen molar-refractivity contribution in [2.24, 2.45) is 0 Å². The van der Waals surface area contributed by atoms with Gasteiger partial charge >= 0.3 is 0 Å². The number of benzene rings is 3. The van der Waals surface area contributed by atoms with Gasteiger partial charge in [0.1, 0.15) is 35.6 Å². The summed E-state index contributed by atoms with van der Waals surface area (Å²) in [7, 11) is 1.55. The number of nitrogens with one attached hydrogen (secondary N) is 1. The van der Waals surface area contributed by atoms with E-state index in [-0.39, 0.29) is 17.7 Å². The zero-order chi connectivity index (χ0) is 22.2. The molecule has 0 bridgehead atoms. The van der Waals surface area contributed by atoms with Gasteiger partial charge in [-0.25, -0.2) is 4.39 Å². The Labute approximate surface area is 184 Å². The quantitative estimate of drug-likeness (QED) is 0.386. The van der Waals surface area contributed by atoms with E-state index in [0.717, 1.165) is 0 Å². The number of nitriles is 1. The van der Waals surface area contributed by atoms with Crippen LogP contribution >= 0.6 is 11.6 Å². The number of ether oxygens (including phenoxy) is 2. The number of hydrogen-bond donors (Lipinski definition) is 1. The molecular formula is C24H18ClFN2O3. The van der Waals surface area contributed by atoms with Crippen molar-refractivity contribution >= 4 is 29.3 Å². The summed E-state index contributed by atoms with van der Waals surface area (Å²) in [6, 6.07) is 19.8. The summed E-state index contributed by atoms with van der Waals surface area (Å²) in [5.74, 6) is 0.196.